The fourth-order valence-electron chi connectivity index (χ4n) is 2.51. The summed E-state index contributed by atoms with van der Waals surface area (Å²) in [6, 6.07) is 6.05. The molecule has 5 nitrogen and oxygen atoms in total. The minimum atomic E-state index is -4.50. The Bertz CT molecular complexity index is 827. The number of alkyl halides is 3. The highest BCUT2D eigenvalue weighted by atomic mass is 35.5. The zero-order valence-electron chi connectivity index (χ0n) is 13.5. The van der Waals surface area contributed by atoms with Gasteiger partial charge in [-0.15, -0.1) is 0 Å². The number of amides is 1. The van der Waals surface area contributed by atoms with Gasteiger partial charge in [0.05, 0.1) is 17.2 Å². The molecule has 138 valence electrons. The molecule has 1 aromatic heterocycles. The van der Waals surface area contributed by atoms with Crippen molar-refractivity contribution in [1.82, 2.24) is 10.3 Å². The first-order chi connectivity index (χ1) is 12.3. The second kappa shape index (κ2) is 7.41. The zero-order chi connectivity index (χ0) is 18.7. The summed E-state index contributed by atoms with van der Waals surface area (Å²) >= 11 is 5.80. The number of halogens is 4. The molecule has 2 aromatic rings. The number of nitrogens with one attached hydrogen (secondary N) is 2. The highest BCUT2D eigenvalue weighted by Crippen LogP contribution is 2.32. The Morgan fingerprint density at radius 3 is 2.81 bits per heavy atom. The Morgan fingerprint density at radius 1 is 1.27 bits per heavy atom. The summed E-state index contributed by atoms with van der Waals surface area (Å²) in [4.78, 5) is 15.8. The summed E-state index contributed by atoms with van der Waals surface area (Å²) < 4.78 is 43.1. The molecule has 0 radical (unpaired) electrons. The van der Waals surface area contributed by atoms with Gasteiger partial charge in [-0.25, -0.2) is 4.98 Å². The first kappa shape index (κ1) is 18.3. The first-order valence-corrected chi connectivity index (χ1v) is 8.23. The van der Waals surface area contributed by atoms with E-state index in [4.69, 9.17) is 16.3 Å². The van der Waals surface area contributed by atoms with Crippen LogP contribution in [0.1, 0.15) is 21.5 Å². The maximum Gasteiger partial charge on any atom is 0.417 e. The third-order valence-electron chi connectivity index (χ3n) is 3.82. The molecule has 0 fully saturated rings. The molecule has 0 spiro atoms. The largest absolute Gasteiger partial charge is 0.493 e. The van der Waals surface area contributed by atoms with Crippen LogP contribution in [0.4, 0.5) is 19.0 Å². The standard InChI is InChI=1S/C17H15ClF3N3O2/c18-13-8-12(17(19,20)21)9-24-15(13)22-4-5-23-16(25)11-1-2-14-10(7-11)3-6-26-14/h1-2,7-9H,3-6H2,(H,22,24)(H,23,25). The number of ether oxygens (including phenoxy) is 1. The molecule has 0 unspecified atom stereocenters. The minimum Gasteiger partial charge on any atom is -0.493 e. The van der Waals surface area contributed by atoms with E-state index in [0.29, 0.717) is 18.4 Å². The van der Waals surface area contributed by atoms with Gasteiger partial charge >= 0.3 is 6.18 Å². The molecule has 26 heavy (non-hydrogen) atoms. The summed E-state index contributed by atoms with van der Waals surface area (Å²) in [6.45, 7) is 1.13. The van der Waals surface area contributed by atoms with E-state index < -0.39 is 11.7 Å². The van der Waals surface area contributed by atoms with Crippen molar-refractivity contribution in [1.29, 1.82) is 0 Å². The normalized spacial score (nSPS) is 13.1. The molecule has 3 rings (SSSR count). The van der Waals surface area contributed by atoms with Crippen molar-refractivity contribution in [3.63, 3.8) is 0 Å². The van der Waals surface area contributed by atoms with Crippen LogP contribution in [0.15, 0.2) is 30.5 Å². The average molecular weight is 386 g/mol. The van der Waals surface area contributed by atoms with Crippen LogP contribution in [0.5, 0.6) is 5.75 Å². The predicted molar refractivity (Wildman–Crippen MR) is 90.7 cm³/mol. The quantitative estimate of drug-likeness (QED) is 0.773. The average Bonchev–Trinajstić information content (AvgIpc) is 3.06. The molecular formula is C17H15ClF3N3O2. The van der Waals surface area contributed by atoms with E-state index in [-0.39, 0.29) is 29.8 Å². The molecule has 1 aliphatic heterocycles. The monoisotopic (exact) mass is 385 g/mol. The van der Waals surface area contributed by atoms with Crippen molar-refractivity contribution < 1.29 is 22.7 Å². The van der Waals surface area contributed by atoms with Gasteiger partial charge in [0.1, 0.15) is 11.6 Å². The maximum atomic E-state index is 12.6. The number of aromatic nitrogens is 1. The molecule has 2 heterocycles. The van der Waals surface area contributed by atoms with Crippen molar-refractivity contribution in [2.24, 2.45) is 0 Å². The molecule has 2 N–H and O–H groups in total. The second-order valence-electron chi connectivity index (χ2n) is 5.66. The van der Waals surface area contributed by atoms with Gasteiger partial charge in [-0.2, -0.15) is 13.2 Å². The fraction of sp³-hybridized carbons (Fsp3) is 0.294. The number of benzene rings is 1. The van der Waals surface area contributed by atoms with Gasteiger partial charge in [0.25, 0.3) is 5.91 Å². The van der Waals surface area contributed by atoms with Gasteiger partial charge < -0.3 is 15.4 Å². The number of carbonyl (C=O) groups is 1. The molecule has 1 amide bonds. The van der Waals surface area contributed by atoms with Crippen molar-refractivity contribution in [3.8, 4) is 5.75 Å². The van der Waals surface area contributed by atoms with Gasteiger partial charge in [0, 0.05) is 31.3 Å². The first-order valence-electron chi connectivity index (χ1n) is 7.85. The van der Waals surface area contributed by atoms with E-state index in [2.05, 4.69) is 15.6 Å². The van der Waals surface area contributed by atoms with Gasteiger partial charge in [0.2, 0.25) is 0 Å². The van der Waals surface area contributed by atoms with Gasteiger partial charge in [0.15, 0.2) is 0 Å². The van der Waals surface area contributed by atoms with Gasteiger partial charge in [-0.3, -0.25) is 4.79 Å². The lowest BCUT2D eigenvalue weighted by molar-refractivity contribution is -0.137. The molecule has 1 aromatic carbocycles. The molecule has 0 aliphatic carbocycles. The van der Waals surface area contributed by atoms with Gasteiger partial charge in [-0.05, 0) is 29.8 Å². The minimum absolute atomic E-state index is 0.128. The van der Waals surface area contributed by atoms with Crippen molar-refractivity contribution in [2.75, 3.05) is 25.0 Å². The van der Waals surface area contributed by atoms with Crippen molar-refractivity contribution >= 4 is 23.3 Å². The summed E-state index contributed by atoms with van der Waals surface area (Å²) in [7, 11) is 0. The summed E-state index contributed by atoms with van der Waals surface area (Å²) in [6.07, 6.45) is -3.01. The SMILES string of the molecule is O=C(NCCNc1ncc(C(F)(F)F)cc1Cl)c1ccc2c(c1)CCO2. The molecule has 0 saturated carbocycles. The fourth-order valence-corrected chi connectivity index (χ4v) is 2.74. The van der Waals surface area contributed by atoms with Crippen LogP contribution in [-0.4, -0.2) is 30.6 Å². The Balaban J connectivity index is 1.50. The molecule has 0 atom stereocenters. The number of nitrogens with zero attached hydrogens (tertiary/aromatic N) is 1. The van der Waals surface area contributed by atoms with Crippen molar-refractivity contribution in [2.45, 2.75) is 12.6 Å². The number of anilines is 1. The lowest BCUT2D eigenvalue weighted by Crippen LogP contribution is -2.29. The lowest BCUT2D eigenvalue weighted by atomic mass is 10.1. The smallest absolute Gasteiger partial charge is 0.417 e. The van der Waals surface area contributed by atoms with Crippen LogP contribution in [-0.2, 0) is 12.6 Å². The molecule has 1 aliphatic rings. The zero-order valence-corrected chi connectivity index (χ0v) is 14.2. The maximum absolute atomic E-state index is 12.6. The number of fused-ring (bicyclic) bond motifs is 1. The van der Waals surface area contributed by atoms with Crippen LogP contribution in [0.2, 0.25) is 5.02 Å². The van der Waals surface area contributed by atoms with Crippen LogP contribution in [0.25, 0.3) is 0 Å². The van der Waals surface area contributed by atoms with E-state index in [1.165, 1.54) is 0 Å². The van der Waals surface area contributed by atoms with E-state index in [0.717, 1.165) is 23.8 Å². The van der Waals surface area contributed by atoms with E-state index >= 15 is 0 Å². The van der Waals surface area contributed by atoms with Gasteiger partial charge in [-0.1, -0.05) is 11.6 Å². The van der Waals surface area contributed by atoms with E-state index in [1.54, 1.807) is 18.2 Å². The Hall–Kier alpha value is -2.48. The third-order valence-corrected chi connectivity index (χ3v) is 4.11. The predicted octanol–water partition coefficient (Wildman–Crippen LogP) is 3.53. The van der Waals surface area contributed by atoms with Crippen LogP contribution in [0, 0.1) is 0 Å². The Labute approximate surface area is 152 Å². The van der Waals surface area contributed by atoms with Crippen LogP contribution in [0.3, 0.4) is 0 Å². The number of hydrogen-bond acceptors (Lipinski definition) is 4. The van der Waals surface area contributed by atoms with Crippen molar-refractivity contribution in [3.05, 3.63) is 52.2 Å². The van der Waals surface area contributed by atoms with Crippen LogP contribution >= 0.6 is 11.6 Å². The summed E-state index contributed by atoms with van der Waals surface area (Å²) in [5.74, 6) is 0.683. The highest BCUT2D eigenvalue weighted by molar-refractivity contribution is 6.32. The number of rotatable bonds is 5. The molecule has 0 saturated heterocycles. The molecule has 9 heteroatoms. The number of carbonyl (C=O) groups excluding carboxylic acids is 1. The summed E-state index contributed by atoms with van der Waals surface area (Å²) in [5, 5.41) is 5.38. The lowest BCUT2D eigenvalue weighted by Gasteiger charge is -2.11. The molecular weight excluding hydrogens is 371 g/mol. The second-order valence-corrected chi connectivity index (χ2v) is 6.06. The number of pyridine rings is 1. The Kier molecular flexibility index (Phi) is 5.22. The van der Waals surface area contributed by atoms with Crippen LogP contribution < -0.4 is 15.4 Å². The third kappa shape index (κ3) is 4.19. The molecule has 0 bridgehead atoms. The summed E-state index contributed by atoms with van der Waals surface area (Å²) in [5.41, 5.74) is 0.610. The van der Waals surface area contributed by atoms with E-state index in [1.807, 2.05) is 0 Å². The number of hydrogen-bond donors (Lipinski definition) is 2. The van der Waals surface area contributed by atoms with E-state index in [9.17, 15) is 18.0 Å². The topological polar surface area (TPSA) is 63.2 Å². The Morgan fingerprint density at radius 2 is 2.08 bits per heavy atom. The highest BCUT2D eigenvalue weighted by Gasteiger charge is 2.31.